The molecule has 126 valence electrons. The standard InChI is InChI=1S/C19H11ClN4O2/c20-13-6-2-1-5-12(13)18(25)23-15-9-11(10-21)17-22-14-7-3-4-8-16(14)24(17)19(15)26/h1-9,22H,(H,23,25). The van der Waals surface area contributed by atoms with Gasteiger partial charge in [0.25, 0.3) is 11.5 Å². The number of aromatic amines is 1. The van der Waals surface area contributed by atoms with Crippen LogP contribution in [0.25, 0.3) is 16.7 Å². The number of nitrogens with zero attached hydrogens (tertiary/aromatic N) is 2. The number of carbonyl (C=O) groups is 1. The minimum absolute atomic E-state index is 0.00808. The zero-order chi connectivity index (χ0) is 18.3. The predicted molar refractivity (Wildman–Crippen MR) is 99.6 cm³/mol. The molecule has 0 saturated carbocycles. The molecule has 0 bridgehead atoms. The first kappa shape index (κ1) is 15.9. The lowest BCUT2D eigenvalue weighted by molar-refractivity contribution is 0.102. The first-order chi connectivity index (χ1) is 12.6. The Kier molecular flexibility index (Phi) is 3.72. The van der Waals surface area contributed by atoms with Crippen molar-refractivity contribution in [1.29, 1.82) is 5.26 Å². The SMILES string of the molecule is N#Cc1cc(NC(=O)c2ccccc2Cl)c(=O)n2c1[nH]c1ccccc12. The van der Waals surface area contributed by atoms with Crippen LogP contribution in [0.3, 0.4) is 0 Å². The third kappa shape index (κ3) is 2.42. The van der Waals surface area contributed by atoms with Crippen molar-refractivity contribution in [2.45, 2.75) is 0 Å². The highest BCUT2D eigenvalue weighted by Crippen LogP contribution is 2.20. The summed E-state index contributed by atoms with van der Waals surface area (Å²) in [6.07, 6.45) is 0. The molecule has 1 amide bonds. The van der Waals surface area contributed by atoms with Gasteiger partial charge in [-0.25, -0.2) is 0 Å². The van der Waals surface area contributed by atoms with Crippen LogP contribution in [-0.2, 0) is 0 Å². The highest BCUT2D eigenvalue weighted by atomic mass is 35.5. The van der Waals surface area contributed by atoms with Crippen LogP contribution in [0.2, 0.25) is 5.02 Å². The number of hydrogen-bond donors (Lipinski definition) is 2. The second-order valence-electron chi connectivity index (χ2n) is 5.65. The number of nitriles is 1. The Bertz CT molecular complexity index is 1280. The number of hydrogen-bond acceptors (Lipinski definition) is 3. The first-order valence-electron chi connectivity index (χ1n) is 7.72. The van der Waals surface area contributed by atoms with E-state index in [1.807, 2.05) is 12.1 Å². The first-order valence-corrected chi connectivity index (χ1v) is 8.10. The lowest BCUT2D eigenvalue weighted by Gasteiger charge is -2.07. The molecule has 2 heterocycles. The molecule has 2 aromatic heterocycles. The van der Waals surface area contributed by atoms with E-state index in [0.29, 0.717) is 11.2 Å². The number of benzene rings is 2. The van der Waals surface area contributed by atoms with Gasteiger partial charge in [-0.05, 0) is 30.3 Å². The lowest BCUT2D eigenvalue weighted by Crippen LogP contribution is -2.23. The van der Waals surface area contributed by atoms with Crippen molar-refractivity contribution in [3.63, 3.8) is 0 Å². The number of fused-ring (bicyclic) bond motifs is 3. The molecule has 0 saturated heterocycles. The minimum atomic E-state index is -0.517. The van der Waals surface area contributed by atoms with E-state index in [4.69, 9.17) is 11.6 Å². The van der Waals surface area contributed by atoms with Gasteiger partial charge < -0.3 is 10.3 Å². The highest BCUT2D eigenvalue weighted by Gasteiger charge is 2.17. The van der Waals surface area contributed by atoms with E-state index in [9.17, 15) is 14.9 Å². The van der Waals surface area contributed by atoms with Crippen LogP contribution >= 0.6 is 11.6 Å². The number of H-pyrrole nitrogens is 1. The summed E-state index contributed by atoms with van der Waals surface area (Å²) in [4.78, 5) is 28.5. The molecule has 2 aromatic carbocycles. The normalized spacial score (nSPS) is 10.8. The fourth-order valence-corrected chi connectivity index (χ4v) is 3.10. The average molecular weight is 363 g/mol. The van der Waals surface area contributed by atoms with Crippen LogP contribution in [-0.4, -0.2) is 15.3 Å². The number of amides is 1. The largest absolute Gasteiger partial charge is 0.338 e. The van der Waals surface area contributed by atoms with Gasteiger partial charge in [0.15, 0.2) is 0 Å². The van der Waals surface area contributed by atoms with Gasteiger partial charge in [-0.2, -0.15) is 5.26 Å². The van der Waals surface area contributed by atoms with Gasteiger partial charge in [0.2, 0.25) is 0 Å². The second kappa shape index (κ2) is 6.06. The highest BCUT2D eigenvalue weighted by molar-refractivity contribution is 6.34. The van der Waals surface area contributed by atoms with Crippen molar-refractivity contribution in [2.24, 2.45) is 0 Å². The number of imidazole rings is 1. The molecule has 2 N–H and O–H groups in total. The Morgan fingerprint density at radius 1 is 1.15 bits per heavy atom. The summed E-state index contributed by atoms with van der Waals surface area (Å²) in [6.45, 7) is 0. The summed E-state index contributed by atoms with van der Waals surface area (Å²) in [6, 6.07) is 17.2. The summed E-state index contributed by atoms with van der Waals surface area (Å²) in [5.41, 5.74) is 1.79. The van der Waals surface area contributed by atoms with E-state index in [2.05, 4.69) is 16.4 Å². The van der Waals surface area contributed by atoms with Crippen molar-refractivity contribution in [1.82, 2.24) is 9.38 Å². The number of anilines is 1. The van der Waals surface area contributed by atoms with E-state index in [-0.39, 0.29) is 21.8 Å². The Labute approximate surface area is 152 Å². The van der Waals surface area contributed by atoms with Gasteiger partial charge in [0.05, 0.1) is 27.2 Å². The predicted octanol–water partition coefficient (Wildman–Crippen LogP) is 3.56. The van der Waals surface area contributed by atoms with E-state index < -0.39 is 11.5 Å². The molecule has 0 spiro atoms. The average Bonchev–Trinajstić information content (AvgIpc) is 3.04. The molecular weight excluding hydrogens is 352 g/mol. The molecule has 26 heavy (non-hydrogen) atoms. The van der Waals surface area contributed by atoms with Gasteiger partial charge in [0.1, 0.15) is 17.4 Å². The third-order valence-corrected chi connectivity index (χ3v) is 4.42. The summed E-state index contributed by atoms with van der Waals surface area (Å²) in [7, 11) is 0. The molecule has 0 atom stereocenters. The number of nitrogens with one attached hydrogen (secondary N) is 2. The molecule has 0 fully saturated rings. The number of aromatic nitrogens is 2. The van der Waals surface area contributed by atoms with Crippen molar-refractivity contribution < 1.29 is 4.79 Å². The number of halogens is 1. The van der Waals surface area contributed by atoms with E-state index >= 15 is 0 Å². The maximum absolute atomic E-state index is 12.9. The third-order valence-electron chi connectivity index (χ3n) is 4.09. The van der Waals surface area contributed by atoms with Crippen LogP contribution < -0.4 is 10.9 Å². The smallest absolute Gasteiger partial charge is 0.280 e. The van der Waals surface area contributed by atoms with Crippen LogP contribution in [0.1, 0.15) is 15.9 Å². The van der Waals surface area contributed by atoms with Gasteiger partial charge in [0, 0.05) is 0 Å². The zero-order valence-corrected chi connectivity index (χ0v) is 14.0. The number of carbonyl (C=O) groups excluding carboxylic acids is 1. The summed E-state index contributed by atoms with van der Waals surface area (Å²) < 4.78 is 1.39. The molecule has 0 aliphatic carbocycles. The fourth-order valence-electron chi connectivity index (χ4n) is 2.88. The van der Waals surface area contributed by atoms with Gasteiger partial charge in [-0.15, -0.1) is 0 Å². The van der Waals surface area contributed by atoms with Crippen molar-refractivity contribution >= 4 is 39.9 Å². The maximum Gasteiger partial charge on any atom is 0.280 e. The molecule has 0 unspecified atom stereocenters. The van der Waals surface area contributed by atoms with Crippen molar-refractivity contribution in [2.75, 3.05) is 5.32 Å². The maximum atomic E-state index is 12.9. The van der Waals surface area contributed by atoms with E-state index in [1.165, 1.54) is 10.5 Å². The van der Waals surface area contributed by atoms with Crippen LogP contribution in [0.15, 0.2) is 59.4 Å². The van der Waals surface area contributed by atoms with Crippen molar-refractivity contribution in [3.8, 4) is 6.07 Å². The molecule has 4 aromatic rings. The molecule has 0 aliphatic heterocycles. The lowest BCUT2D eigenvalue weighted by atomic mass is 10.2. The van der Waals surface area contributed by atoms with Crippen molar-refractivity contribution in [3.05, 3.63) is 81.1 Å². The molecular formula is C19H11ClN4O2. The van der Waals surface area contributed by atoms with Crippen LogP contribution in [0.5, 0.6) is 0 Å². The van der Waals surface area contributed by atoms with Crippen LogP contribution in [0.4, 0.5) is 5.69 Å². The Hall–Kier alpha value is -3.56. The molecule has 7 heteroatoms. The van der Waals surface area contributed by atoms with Gasteiger partial charge >= 0.3 is 0 Å². The summed E-state index contributed by atoms with van der Waals surface area (Å²) in [5, 5.41) is 12.3. The van der Waals surface area contributed by atoms with E-state index in [0.717, 1.165) is 5.52 Å². The monoisotopic (exact) mass is 362 g/mol. The Balaban J connectivity index is 1.91. The zero-order valence-electron chi connectivity index (χ0n) is 13.3. The quantitative estimate of drug-likeness (QED) is 0.571. The van der Waals surface area contributed by atoms with Crippen LogP contribution in [0, 0.1) is 11.3 Å². The Morgan fingerprint density at radius 3 is 2.65 bits per heavy atom. The second-order valence-corrected chi connectivity index (χ2v) is 6.06. The van der Waals surface area contributed by atoms with Gasteiger partial charge in [-0.1, -0.05) is 35.9 Å². The number of para-hydroxylation sites is 2. The molecule has 0 radical (unpaired) electrons. The topological polar surface area (TPSA) is 90.2 Å². The fraction of sp³-hybridized carbons (Fsp3) is 0. The minimum Gasteiger partial charge on any atom is -0.338 e. The van der Waals surface area contributed by atoms with Gasteiger partial charge in [-0.3, -0.25) is 14.0 Å². The summed E-state index contributed by atoms with van der Waals surface area (Å²) in [5.74, 6) is -0.517. The number of rotatable bonds is 2. The molecule has 4 rings (SSSR count). The number of pyridine rings is 1. The molecule has 6 nitrogen and oxygen atoms in total. The van der Waals surface area contributed by atoms with E-state index in [1.54, 1.807) is 36.4 Å². The Morgan fingerprint density at radius 2 is 1.88 bits per heavy atom. The molecule has 0 aliphatic rings. The summed E-state index contributed by atoms with van der Waals surface area (Å²) >= 11 is 6.04.